The van der Waals surface area contributed by atoms with Crippen LogP contribution < -0.4 is 0 Å². The van der Waals surface area contributed by atoms with Crippen molar-refractivity contribution in [3.8, 4) is 0 Å². The summed E-state index contributed by atoms with van der Waals surface area (Å²) < 4.78 is 0. The van der Waals surface area contributed by atoms with Crippen LogP contribution >= 0.6 is 15.9 Å². The predicted octanol–water partition coefficient (Wildman–Crippen LogP) is 5.00. The Hall–Kier alpha value is -0.820. The zero-order valence-corrected chi connectivity index (χ0v) is 11.9. The van der Waals surface area contributed by atoms with E-state index in [0.717, 1.165) is 12.8 Å². The molecule has 2 rings (SSSR count). The minimum atomic E-state index is 0.181. The summed E-state index contributed by atoms with van der Waals surface area (Å²) in [7, 11) is 0. The second kappa shape index (κ2) is 5.68. The third-order valence-corrected chi connectivity index (χ3v) is 4.49. The topological polar surface area (TPSA) is 0 Å². The van der Waals surface area contributed by atoms with E-state index in [0.29, 0.717) is 4.83 Å². The first-order valence-corrected chi connectivity index (χ1v) is 7.22. The Balaban J connectivity index is 2.31. The van der Waals surface area contributed by atoms with Crippen LogP contribution in [0.5, 0.6) is 0 Å². The highest BCUT2D eigenvalue weighted by atomic mass is 79.9. The molecule has 90 valence electrons. The molecule has 0 radical (unpaired) electrons. The minimum Gasteiger partial charge on any atom is -0.0890 e. The Bertz CT molecular complexity index is 405. The summed E-state index contributed by atoms with van der Waals surface area (Å²) in [6.07, 6.45) is 12.4. The number of allylic oxidation sites excluding steroid dienone is 4. The van der Waals surface area contributed by atoms with Crippen LogP contribution in [0.15, 0.2) is 54.6 Å². The van der Waals surface area contributed by atoms with E-state index in [1.54, 1.807) is 0 Å². The van der Waals surface area contributed by atoms with E-state index >= 15 is 0 Å². The van der Waals surface area contributed by atoms with Crippen LogP contribution in [0.3, 0.4) is 0 Å². The van der Waals surface area contributed by atoms with Gasteiger partial charge in [0.05, 0.1) is 0 Å². The van der Waals surface area contributed by atoms with Crippen LogP contribution in [0, 0.1) is 0 Å². The van der Waals surface area contributed by atoms with E-state index in [9.17, 15) is 0 Å². The number of hydrogen-bond donors (Lipinski definition) is 0. The Kier molecular flexibility index (Phi) is 4.22. The molecule has 0 aliphatic heterocycles. The average Bonchev–Trinajstić information content (AvgIpc) is 2.40. The molecule has 1 aromatic carbocycles. The van der Waals surface area contributed by atoms with E-state index in [4.69, 9.17) is 0 Å². The molecule has 0 fully saturated rings. The van der Waals surface area contributed by atoms with Crippen LogP contribution in [0.25, 0.3) is 0 Å². The summed E-state index contributed by atoms with van der Waals surface area (Å²) >= 11 is 3.79. The zero-order chi connectivity index (χ0) is 12.1. The van der Waals surface area contributed by atoms with E-state index < -0.39 is 0 Å². The first kappa shape index (κ1) is 12.6. The average molecular weight is 291 g/mol. The second-order valence-corrected chi connectivity index (χ2v) is 6.02. The van der Waals surface area contributed by atoms with E-state index in [1.165, 1.54) is 12.0 Å². The van der Waals surface area contributed by atoms with Crippen molar-refractivity contribution in [3.63, 3.8) is 0 Å². The predicted molar refractivity (Wildman–Crippen MR) is 78.6 cm³/mol. The maximum absolute atomic E-state index is 3.79. The fraction of sp³-hybridized carbons (Fsp3) is 0.375. The van der Waals surface area contributed by atoms with Crippen LogP contribution in [0.2, 0.25) is 0 Å². The van der Waals surface area contributed by atoms with Crippen molar-refractivity contribution in [2.75, 3.05) is 0 Å². The van der Waals surface area contributed by atoms with Crippen LogP contribution in [-0.2, 0) is 5.41 Å². The highest BCUT2D eigenvalue weighted by molar-refractivity contribution is 9.09. The highest BCUT2D eigenvalue weighted by Gasteiger charge is 2.30. The Morgan fingerprint density at radius 1 is 1.24 bits per heavy atom. The lowest BCUT2D eigenvalue weighted by Gasteiger charge is -2.33. The molecule has 0 bridgehead atoms. The smallest absolute Gasteiger partial charge is 0.0180 e. The molecular weight excluding hydrogens is 272 g/mol. The number of halogens is 1. The van der Waals surface area contributed by atoms with Gasteiger partial charge >= 0.3 is 0 Å². The first-order chi connectivity index (χ1) is 8.27. The summed E-state index contributed by atoms with van der Waals surface area (Å²) in [5.74, 6) is 0. The summed E-state index contributed by atoms with van der Waals surface area (Å²) in [6.45, 7) is 2.24. The van der Waals surface area contributed by atoms with Crippen LogP contribution in [0.1, 0.15) is 31.7 Å². The van der Waals surface area contributed by atoms with Gasteiger partial charge in [0.25, 0.3) is 0 Å². The van der Waals surface area contributed by atoms with Gasteiger partial charge in [-0.25, -0.2) is 0 Å². The van der Waals surface area contributed by atoms with Gasteiger partial charge in [-0.15, -0.1) is 0 Å². The van der Waals surface area contributed by atoms with Crippen molar-refractivity contribution < 1.29 is 0 Å². The molecule has 0 nitrogen and oxygen atoms in total. The molecule has 0 amide bonds. The lowest BCUT2D eigenvalue weighted by atomic mass is 9.72. The van der Waals surface area contributed by atoms with Gasteiger partial charge in [0.1, 0.15) is 0 Å². The molecule has 1 aliphatic rings. The molecule has 1 aliphatic carbocycles. The third kappa shape index (κ3) is 2.90. The van der Waals surface area contributed by atoms with Crippen molar-refractivity contribution in [1.82, 2.24) is 0 Å². The summed E-state index contributed by atoms with van der Waals surface area (Å²) in [5.41, 5.74) is 1.61. The lowest BCUT2D eigenvalue weighted by molar-refractivity contribution is 0.480. The van der Waals surface area contributed by atoms with Gasteiger partial charge < -0.3 is 0 Å². The molecule has 0 saturated heterocycles. The van der Waals surface area contributed by atoms with Gasteiger partial charge in [-0.3, -0.25) is 0 Å². The molecular formula is C16H19Br. The lowest BCUT2D eigenvalue weighted by Crippen LogP contribution is -2.27. The Morgan fingerprint density at radius 3 is 2.59 bits per heavy atom. The van der Waals surface area contributed by atoms with Crippen molar-refractivity contribution in [3.05, 3.63) is 60.2 Å². The van der Waals surface area contributed by atoms with Gasteiger partial charge in [0.2, 0.25) is 0 Å². The van der Waals surface area contributed by atoms with E-state index in [2.05, 4.69) is 77.5 Å². The van der Waals surface area contributed by atoms with E-state index in [-0.39, 0.29) is 5.41 Å². The summed E-state index contributed by atoms with van der Waals surface area (Å²) in [6, 6.07) is 10.9. The normalized spacial score (nSPS) is 24.8. The standard InChI is InChI=1S/C16H19Br/c1-2-15(17)13-16(11-7-4-8-12-16)14-9-5-3-6-10-14/h3-11,15H,2,12-13H2,1H3. The van der Waals surface area contributed by atoms with Crippen molar-refractivity contribution >= 4 is 15.9 Å². The van der Waals surface area contributed by atoms with Gasteiger partial charge in [0.15, 0.2) is 0 Å². The molecule has 2 atom stereocenters. The molecule has 17 heavy (non-hydrogen) atoms. The minimum absolute atomic E-state index is 0.181. The van der Waals surface area contributed by atoms with Gasteiger partial charge in [0, 0.05) is 10.2 Å². The molecule has 0 N–H and O–H groups in total. The molecule has 0 spiro atoms. The van der Waals surface area contributed by atoms with E-state index in [1.807, 2.05) is 0 Å². The molecule has 1 heteroatoms. The summed E-state index contributed by atoms with van der Waals surface area (Å²) in [4.78, 5) is 0.582. The number of hydrogen-bond acceptors (Lipinski definition) is 0. The molecule has 1 aromatic rings. The molecule has 0 saturated carbocycles. The van der Waals surface area contributed by atoms with Crippen molar-refractivity contribution in [2.45, 2.75) is 36.4 Å². The fourth-order valence-electron chi connectivity index (χ4n) is 2.46. The molecule has 0 aromatic heterocycles. The quantitative estimate of drug-likeness (QED) is 0.684. The van der Waals surface area contributed by atoms with Crippen LogP contribution in [-0.4, -0.2) is 4.83 Å². The third-order valence-electron chi connectivity index (χ3n) is 3.52. The summed E-state index contributed by atoms with van der Waals surface area (Å²) in [5, 5.41) is 0. The zero-order valence-electron chi connectivity index (χ0n) is 10.3. The SMILES string of the molecule is CCC(Br)CC1(c2ccccc2)C=CC=CC1. The largest absolute Gasteiger partial charge is 0.0890 e. The fourth-order valence-corrected chi connectivity index (χ4v) is 3.04. The maximum Gasteiger partial charge on any atom is 0.0180 e. The first-order valence-electron chi connectivity index (χ1n) is 6.31. The van der Waals surface area contributed by atoms with Gasteiger partial charge in [-0.2, -0.15) is 0 Å². The van der Waals surface area contributed by atoms with Crippen LogP contribution in [0.4, 0.5) is 0 Å². The molecule has 2 unspecified atom stereocenters. The maximum atomic E-state index is 3.79. The highest BCUT2D eigenvalue weighted by Crippen LogP contribution is 2.39. The van der Waals surface area contributed by atoms with Crippen molar-refractivity contribution in [1.29, 1.82) is 0 Å². The van der Waals surface area contributed by atoms with Gasteiger partial charge in [-0.05, 0) is 24.8 Å². The molecule has 0 heterocycles. The number of rotatable bonds is 4. The Morgan fingerprint density at radius 2 is 2.00 bits per heavy atom. The van der Waals surface area contributed by atoms with Gasteiger partial charge in [-0.1, -0.05) is 77.5 Å². The second-order valence-electron chi connectivity index (χ2n) is 4.72. The number of alkyl halides is 1. The number of benzene rings is 1. The monoisotopic (exact) mass is 290 g/mol. The Labute approximate surface area is 113 Å². The van der Waals surface area contributed by atoms with Crippen molar-refractivity contribution in [2.24, 2.45) is 0 Å².